The first kappa shape index (κ1) is 9.21. The molecule has 0 spiro atoms. The van der Waals surface area contributed by atoms with Gasteiger partial charge >= 0.3 is 0 Å². The highest BCUT2D eigenvalue weighted by Crippen LogP contribution is 2.58. The van der Waals surface area contributed by atoms with Gasteiger partial charge in [-0.05, 0) is 62.2 Å². The van der Waals surface area contributed by atoms with E-state index in [4.69, 9.17) is 5.73 Å². The van der Waals surface area contributed by atoms with Crippen LogP contribution in [-0.2, 0) is 0 Å². The van der Waals surface area contributed by atoms with E-state index in [1.807, 2.05) is 0 Å². The van der Waals surface area contributed by atoms with Gasteiger partial charge in [-0.25, -0.2) is 0 Å². The highest BCUT2D eigenvalue weighted by molar-refractivity contribution is 5.09. The molecule has 3 unspecified atom stereocenters. The molecular formula is C13H23N. The van der Waals surface area contributed by atoms with Gasteiger partial charge in [0.1, 0.15) is 0 Å². The summed E-state index contributed by atoms with van der Waals surface area (Å²) < 4.78 is 0. The molecule has 4 fully saturated rings. The van der Waals surface area contributed by atoms with E-state index in [9.17, 15) is 0 Å². The molecule has 0 saturated heterocycles. The fraction of sp³-hybridized carbons (Fsp3) is 1.00. The lowest BCUT2D eigenvalue weighted by Crippen LogP contribution is -2.62. The van der Waals surface area contributed by atoms with E-state index in [2.05, 4.69) is 6.92 Å². The van der Waals surface area contributed by atoms with Crippen LogP contribution in [0.5, 0.6) is 0 Å². The van der Waals surface area contributed by atoms with E-state index >= 15 is 0 Å². The first-order valence-electron chi connectivity index (χ1n) is 6.50. The summed E-state index contributed by atoms with van der Waals surface area (Å²) in [7, 11) is 0. The molecule has 0 heterocycles. The second-order valence-corrected chi connectivity index (χ2v) is 6.24. The Kier molecular flexibility index (Phi) is 1.96. The molecule has 4 bridgehead atoms. The molecule has 14 heavy (non-hydrogen) atoms. The standard InChI is InChI=1S/C13H23N/c1-2-3-12-11-5-9-4-10(6-11)8-13(12,14)7-9/h9-12H,2-8,14H2,1H3. The molecule has 80 valence electrons. The minimum absolute atomic E-state index is 0.269. The van der Waals surface area contributed by atoms with Crippen LogP contribution in [0.1, 0.15) is 51.9 Å². The third-order valence-electron chi connectivity index (χ3n) is 5.18. The molecule has 0 aromatic carbocycles. The smallest absolute Gasteiger partial charge is 0.0190 e. The van der Waals surface area contributed by atoms with Crippen LogP contribution in [-0.4, -0.2) is 5.54 Å². The molecule has 1 nitrogen and oxygen atoms in total. The topological polar surface area (TPSA) is 26.0 Å². The monoisotopic (exact) mass is 193 g/mol. The van der Waals surface area contributed by atoms with Crippen molar-refractivity contribution in [3.63, 3.8) is 0 Å². The van der Waals surface area contributed by atoms with Crippen molar-refractivity contribution in [3.8, 4) is 0 Å². The van der Waals surface area contributed by atoms with E-state index in [1.165, 1.54) is 44.9 Å². The van der Waals surface area contributed by atoms with Crippen LogP contribution in [0, 0.1) is 23.7 Å². The maximum Gasteiger partial charge on any atom is 0.0190 e. The molecule has 1 heteroatoms. The fourth-order valence-electron chi connectivity index (χ4n) is 5.04. The molecule has 4 saturated carbocycles. The van der Waals surface area contributed by atoms with E-state index in [1.54, 1.807) is 0 Å². The summed E-state index contributed by atoms with van der Waals surface area (Å²) in [4.78, 5) is 0. The molecule has 0 amide bonds. The van der Waals surface area contributed by atoms with Crippen LogP contribution >= 0.6 is 0 Å². The van der Waals surface area contributed by atoms with Gasteiger partial charge in [-0.3, -0.25) is 0 Å². The minimum atomic E-state index is 0.269. The predicted molar refractivity (Wildman–Crippen MR) is 58.9 cm³/mol. The lowest BCUT2D eigenvalue weighted by Gasteiger charge is -2.60. The van der Waals surface area contributed by atoms with Crippen molar-refractivity contribution in [3.05, 3.63) is 0 Å². The summed E-state index contributed by atoms with van der Waals surface area (Å²) in [6.45, 7) is 2.31. The molecule has 0 radical (unpaired) electrons. The van der Waals surface area contributed by atoms with Gasteiger partial charge in [0.15, 0.2) is 0 Å². The lowest BCUT2D eigenvalue weighted by atomic mass is 9.48. The van der Waals surface area contributed by atoms with Gasteiger partial charge in [0, 0.05) is 5.54 Å². The molecule has 0 aromatic heterocycles. The molecule has 4 rings (SSSR count). The van der Waals surface area contributed by atoms with Crippen molar-refractivity contribution in [2.45, 2.75) is 57.4 Å². The Bertz CT molecular complexity index is 221. The van der Waals surface area contributed by atoms with Gasteiger partial charge < -0.3 is 5.73 Å². The normalized spacial score (nSPS) is 55.3. The van der Waals surface area contributed by atoms with Gasteiger partial charge in [0.05, 0.1) is 0 Å². The third-order valence-corrected chi connectivity index (χ3v) is 5.18. The van der Waals surface area contributed by atoms with Gasteiger partial charge in [0.25, 0.3) is 0 Å². The second-order valence-electron chi connectivity index (χ2n) is 6.24. The van der Waals surface area contributed by atoms with Crippen molar-refractivity contribution in [1.82, 2.24) is 0 Å². The summed E-state index contributed by atoms with van der Waals surface area (Å²) in [5.74, 6) is 3.89. The van der Waals surface area contributed by atoms with Gasteiger partial charge in [-0.15, -0.1) is 0 Å². The van der Waals surface area contributed by atoms with Crippen LogP contribution in [0.25, 0.3) is 0 Å². The van der Waals surface area contributed by atoms with Gasteiger partial charge in [0.2, 0.25) is 0 Å². The zero-order valence-corrected chi connectivity index (χ0v) is 9.34. The van der Waals surface area contributed by atoms with Crippen LogP contribution in [0.15, 0.2) is 0 Å². The summed E-state index contributed by atoms with van der Waals surface area (Å²) >= 11 is 0. The number of nitrogens with two attached hydrogens (primary N) is 1. The van der Waals surface area contributed by atoms with Crippen LogP contribution < -0.4 is 5.73 Å². The average Bonchev–Trinajstić information content (AvgIpc) is 2.09. The summed E-state index contributed by atoms with van der Waals surface area (Å²) in [6, 6.07) is 0. The summed E-state index contributed by atoms with van der Waals surface area (Å²) in [5, 5.41) is 0. The average molecular weight is 193 g/mol. The van der Waals surface area contributed by atoms with Crippen molar-refractivity contribution >= 4 is 0 Å². The Balaban J connectivity index is 1.86. The quantitative estimate of drug-likeness (QED) is 0.717. The zero-order chi connectivity index (χ0) is 9.76. The SMILES string of the molecule is CCCC1C2CC3CC(C2)CC1(N)C3. The number of hydrogen-bond acceptors (Lipinski definition) is 1. The number of hydrogen-bond donors (Lipinski definition) is 1. The molecule has 3 atom stereocenters. The Hall–Kier alpha value is -0.0400. The van der Waals surface area contributed by atoms with Crippen LogP contribution in [0.2, 0.25) is 0 Å². The van der Waals surface area contributed by atoms with Crippen LogP contribution in [0.3, 0.4) is 0 Å². The highest BCUT2D eigenvalue weighted by Gasteiger charge is 2.54. The molecule has 4 aliphatic carbocycles. The molecule has 4 aliphatic rings. The highest BCUT2D eigenvalue weighted by atomic mass is 14.8. The van der Waals surface area contributed by atoms with Crippen molar-refractivity contribution in [2.75, 3.05) is 0 Å². The predicted octanol–water partition coefficient (Wildman–Crippen LogP) is 2.94. The molecule has 0 aromatic rings. The maximum atomic E-state index is 6.65. The first-order valence-corrected chi connectivity index (χ1v) is 6.50. The van der Waals surface area contributed by atoms with Crippen molar-refractivity contribution in [2.24, 2.45) is 29.4 Å². The molecule has 2 N–H and O–H groups in total. The van der Waals surface area contributed by atoms with E-state index in [-0.39, 0.29) is 5.54 Å². The maximum absolute atomic E-state index is 6.65. The van der Waals surface area contributed by atoms with Crippen molar-refractivity contribution in [1.29, 1.82) is 0 Å². The number of rotatable bonds is 2. The summed E-state index contributed by atoms with van der Waals surface area (Å²) in [5.41, 5.74) is 6.92. The Labute approximate surface area is 87.4 Å². The van der Waals surface area contributed by atoms with E-state index in [0.29, 0.717) is 0 Å². The first-order chi connectivity index (χ1) is 6.71. The van der Waals surface area contributed by atoms with E-state index in [0.717, 1.165) is 23.7 Å². The Morgan fingerprint density at radius 3 is 2.29 bits per heavy atom. The summed E-state index contributed by atoms with van der Waals surface area (Å²) in [6.07, 6.45) is 9.96. The second kappa shape index (κ2) is 2.98. The Morgan fingerprint density at radius 2 is 1.79 bits per heavy atom. The zero-order valence-electron chi connectivity index (χ0n) is 9.34. The third kappa shape index (κ3) is 1.18. The molecule has 0 aliphatic heterocycles. The fourth-order valence-corrected chi connectivity index (χ4v) is 5.04. The van der Waals surface area contributed by atoms with E-state index < -0.39 is 0 Å². The molecular weight excluding hydrogens is 170 g/mol. The Morgan fingerprint density at radius 1 is 1.14 bits per heavy atom. The van der Waals surface area contributed by atoms with Crippen molar-refractivity contribution < 1.29 is 0 Å². The van der Waals surface area contributed by atoms with Gasteiger partial charge in [-0.2, -0.15) is 0 Å². The minimum Gasteiger partial charge on any atom is -0.325 e. The largest absolute Gasteiger partial charge is 0.325 e. The van der Waals surface area contributed by atoms with Crippen LogP contribution in [0.4, 0.5) is 0 Å². The lowest BCUT2D eigenvalue weighted by molar-refractivity contribution is -0.0585. The van der Waals surface area contributed by atoms with Gasteiger partial charge in [-0.1, -0.05) is 13.3 Å².